The smallest absolute Gasteiger partial charge is 0.259 e. The van der Waals surface area contributed by atoms with Crippen LogP contribution in [0.2, 0.25) is 5.02 Å². The second-order valence-corrected chi connectivity index (χ2v) is 11.9. The maximum atomic E-state index is 14.2. The largest absolute Gasteiger partial charge is 0.497 e. The van der Waals surface area contributed by atoms with Crippen LogP contribution in [-0.4, -0.2) is 66.1 Å². The fraction of sp³-hybridized carbons (Fsp3) is 0.343. The molecule has 8 nitrogen and oxygen atoms in total. The number of nitrogens with zero attached hydrogens (tertiary/aromatic N) is 4. The van der Waals surface area contributed by atoms with Gasteiger partial charge in [0.05, 0.1) is 19.2 Å². The van der Waals surface area contributed by atoms with E-state index in [4.69, 9.17) is 20.9 Å². The molecule has 9 heteroatoms. The van der Waals surface area contributed by atoms with Gasteiger partial charge in [0.15, 0.2) is 0 Å². The quantitative estimate of drug-likeness (QED) is 0.242. The number of aryl methyl sites for hydroxylation is 1. The molecule has 0 radical (unpaired) electrons. The highest BCUT2D eigenvalue weighted by Crippen LogP contribution is 2.31. The molecule has 0 saturated heterocycles. The lowest BCUT2D eigenvalue weighted by Gasteiger charge is -2.30. The van der Waals surface area contributed by atoms with Crippen LogP contribution >= 0.6 is 11.6 Å². The molecule has 0 fully saturated rings. The van der Waals surface area contributed by atoms with Crippen molar-refractivity contribution in [3.05, 3.63) is 100 Å². The van der Waals surface area contributed by atoms with Crippen molar-refractivity contribution in [1.82, 2.24) is 15.0 Å². The van der Waals surface area contributed by atoms with Crippen molar-refractivity contribution in [2.24, 2.45) is 0 Å². The average molecular weight is 615 g/mol. The Kier molecular flexibility index (Phi) is 10.0. The molecule has 3 aromatic carbocycles. The molecule has 1 aliphatic heterocycles. The van der Waals surface area contributed by atoms with Crippen LogP contribution in [0.1, 0.15) is 47.3 Å². The van der Waals surface area contributed by atoms with Crippen LogP contribution in [0, 0.1) is 6.92 Å². The summed E-state index contributed by atoms with van der Waals surface area (Å²) in [6.07, 6.45) is 2.49. The van der Waals surface area contributed by atoms with Gasteiger partial charge in [-0.3, -0.25) is 14.5 Å². The second-order valence-electron chi connectivity index (χ2n) is 11.4. The van der Waals surface area contributed by atoms with E-state index in [2.05, 4.69) is 23.9 Å². The van der Waals surface area contributed by atoms with Crippen molar-refractivity contribution in [2.45, 2.75) is 46.2 Å². The minimum Gasteiger partial charge on any atom is -0.497 e. The number of aromatic nitrogens is 1. The van der Waals surface area contributed by atoms with Gasteiger partial charge < -0.3 is 19.1 Å². The molecule has 5 rings (SSSR count). The number of benzene rings is 3. The molecular weight excluding hydrogens is 576 g/mol. The number of methoxy groups -OCH3 is 1. The Hall–Kier alpha value is -4.14. The number of carbonyl (C=O) groups excluding carboxylic acids is 2. The third-order valence-corrected chi connectivity index (χ3v) is 8.44. The molecule has 0 aliphatic carbocycles. The number of hydrogen-bond acceptors (Lipinski definition) is 6. The molecule has 1 aromatic heterocycles. The van der Waals surface area contributed by atoms with E-state index in [1.807, 2.05) is 71.3 Å². The summed E-state index contributed by atoms with van der Waals surface area (Å²) in [6.45, 7) is 9.27. The monoisotopic (exact) mass is 614 g/mol. The zero-order valence-corrected chi connectivity index (χ0v) is 26.5. The van der Waals surface area contributed by atoms with Gasteiger partial charge in [0, 0.05) is 49.4 Å². The molecule has 0 N–H and O–H groups in total. The van der Waals surface area contributed by atoms with Crippen LogP contribution in [0.4, 0.5) is 5.69 Å². The summed E-state index contributed by atoms with van der Waals surface area (Å²) >= 11 is 6.11. The van der Waals surface area contributed by atoms with E-state index < -0.39 is 0 Å². The maximum absolute atomic E-state index is 14.2. The Balaban J connectivity index is 1.51. The van der Waals surface area contributed by atoms with Gasteiger partial charge in [0.1, 0.15) is 23.3 Å². The van der Waals surface area contributed by atoms with Gasteiger partial charge in [-0.1, -0.05) is 59.2 Å². The van der Waals surface area contributed by atoms with Crippen LogP contribution < -0.4 is 9.64 Å². The number of ether oxygens (including phenoxy) is 1. The summed E-state index contributed by atoms with van der Waals surface area (Å²) < 4.78 is 10.6. The fourth-order valence-electron chi connectivity index (χ4n) is 5.75. The molecule has 2 heterocycles. The highest BCUT2D eigenvalue weighted by Gasteiger charge is 2.28. The maximum Gasteiger partial charge on any atom is 0.259 e. The van der Waals surface area contributed by atoms with E-state index in [0.29, 0.717) is 42.5 Å². The van der Waals surface area contributed by atoms with E-state index in [1.165, 1.54) is 6.26 Å². The first-order valence-corrected chi connectivity index (χ1v) is 15.4. The van der Waals surface area contributed by atoms with Crippen molar-refractivity contribution in [3.63, 3.8) is 0 Å². The van der Waals surface area contributed by atoms with Crippen molar-refractivity contribution in [1.29, 1.82) is 0 Å². The molecule has 0 saturated carbocycles. The van der Waals surface area contributed by atoms with Gasteiger partial charge in [0.25, 0.3) is 5.91 Å². The Bertz CT molecular complexity index is 1580. The standard InChI is InChI=1S/C35H39ClN4O4/c1-24(2)38-17-6-18-40(32(41)21-26-9-15-30(43-4)16-10-26)34-25(3)7-5-8-28(34)22-39(20-19-38)35(42)31-23-44-37-33(31)27-11-13-29(36)14-12-27/h5,7-16,23-24H,6,17-22H2,1-4H3. The van der Waals surface area contributed by atoms with E-state index in [1.54, 1.807) is 19.2 Å². The summed E-state index contributed by atoms with van der Waals surface area (Å²) in [7, 11) is 1.63. The molecule has 0 atom stereocenters. The second kappa shape index (κ2) is 14.1. The normalized spacial score (nSPS) is 14.7. The minimum atomic E-state index is -0.178. The fourth-order valence-corrected chi connectivity index (χ4v) is 5.88. The first-order valence-electron chi connectivity index (χ1n) is 15.0. The number of rotatable bonds is 6. The number of fused-ring (bicyclic) bond motifs is 1. The number of halogens is 1. The first-order chi connectivity index (χ1) is 21.2. The van der Waals surface area contributed by atoms with Gasteiger partial charge in [-0.05, 0) is 68.1 Å². The van der Waals surface area contributed by atoms with Gasteiger partial charge in [-0.15, -0.1) is 0 Å². The third kappa shape index (κ3) is 7.14. The van der Waals surface area contributed by atoms with Gasteiger partial charge in [-0.25, -0.2) is 0 Å². The number of anilines is 1. The van der Waals surface area contributed by atoms with E-state index >= 15 is 0 Å². The number of carbonyl (C=O) groups is 2. The molecule has 0 spiro atoms. The number of hydrogen-bond donors (Lipinski definition) is 0. The summed E-state index contributed by atoms with van der Waals surface area (Å²) in [5.74, 6) is 0.592. The van der Waals surface area contributed by atoms with Crippen molar-refractivity contribution in [3.8, 4) is 17.0 Å². The minimum absolute atomic E-state index is 0.0167. The molecule has 4 aromatic rings. The van der Waals surface area contributed by atoms with Crippen LogP contribution in [0.15, 0.2) is 77.5 Å². The highest BCUT2D eigenvalue weighted by molar-refractivity contribution is 6.30. The zero-order valence-electron chi connectivity index (χ0n) is 25.8. The third-order valence-electron chi connectivity index (χ3n) is 8.19. The molecule has 44 heavy (non-hydrogen) atoms. The van der Waals surface area contributed by atoms with Crippen molar-refractivity contribution in [2.75, 3.05) is 38.2 Å². The molecule has 0 bridgehead atoms. The molecular formula is C35H39ClN4O4. The van der Waals surface area contributed by atoms with Crippen molar-refractivity contribution < 1.29 is 18.8 Å². The van der Waals surface area contributed by atoms with Crippen LogP contribution in [0.3, 0.4) is 0 Å². The predicted molar refractivity (Wildman–Crippen MR) is 173 cm³/mol. The molecule has 2 amide bonds. The Labute approximate surface area is 264 Å². The summed E-state index contributed by atoms with van der Waals surface area (Å²) in [5, 5.41) is 4.77. The van der Waals surface area contributed by atoms with E-state index in [-0.39, 0.29) is 24.3 Å². The molecule has 230 valence electrons. The lowest BCUT2D eigenvalue weighted by atomic mass is 10.0. The van der Waals surface area contributed by atoms with E-state index in [0.717, 1.165) is 46.7 Å². The molecule has 0 unspecified atom stereocenters. The summed E-state index contributed by atoms with van der Waals surface area (Å²) in [6, 6.07) is 21.1. The number of para-hydroxylation sites is 1. The lowest BCUT2D eigenvalue weighted by Crippen LogP contribution is -2.41. The topological polar surface area (TPSA) is 79.1 Å². The van der Waals surface area contributed by atoms with Crippen LogP contribution in [0.25, 0.3) is 11.3 Å². The predicted octanol–water partition coefficient (Wildman–Crippen LogP) is 6.64. The Morgan fingerprint density at radius 2 is 1.73 bits per heavy atom. The Morgan fingerprint density at radius 1 is 0.977 bits per heavy atom. The molecule has 1 aliphatic rings. The summed E-state index contributed by atoms with van der Waals surface area (Å²) in [5.41, 5.74) is 5.31. The zero-order chi connectivity index (χ0) is 31.2. The van der Waals surface area contributed by atoms with Gasteiger partial charge in [-0.2, -0.15) is 0 Å². The average Bonchev–Trinajstić information content (AvgIpc) is 3.49. The first kappa shape index (κ1) is 31.3. The SMILES string of the molecule is COc1ccc(CC(=O)N2CCCN(C(C)C)CCN(C(=O)c3conc3-c3ccc(Cl)cc3)Cc3cccc(C)c32)cc1. The van der Waals surface area contributed by atoms with Gasteiger partial charge >= 0.3 is 0 Å². The number of amides is 2. The lowest BCUT2D eigenvalue weighted by molar-refractivity contribution is -0.118. The van der Waals surface area contributed by atoms with Crippen molar-refractivity contribution >= 4 is 29.1 Å². The van der Waals surface area contributed by atoms with Gasteiger partial charge in [0.2, 0.25) is 5.91 Å². The summed E-state index contributed by atoms with van der Waals surface area (Å²) in [4.78, 5) is 34.4. The Morgan fingerprint density at radius 3 is 2.43 bits per heavy atom. The highest BCUT2D eigenvalue weighted by atomic mass is 35.5. The van der Waals surface area contributed by atoms with E-state index in [9.17, 15) is 9.59 Å². The van der Waals surface area contributed by atoms with Crippen LogP contribution in [0.5, 0.6) is 5.75 Å². The van der Waals surface area contributed by atoms with Crippen LogP contribution in [-0.2, 0) is 17.8 Å².